The van der Waals surface area contributed by atoms with E-state index in [1.54, 1.807) is 13.0 Å². The normalized spacial score (nSPS) is 17.7. The zero-order valence-electron chi connectivity index (χ0n) is 8.92. The molecule has 2 heterocycles. The summed E-state index contributed by atoms with van der Waals surface area (Å²) >= 11 is 0. The van der Waals surface area contributed by atoms with Crippen molar-refractivity contribution < 1.29 is 13.3 Å². The standard InChI is InChI=1S/C10H12O4Si/c1-6-5-8-9(10(11)12-6)7(2)13-15(3,4)14-8/h5H,2H2,1,3-4H3. The van der Waals surface area contributed by atoms with E-state index in [2.05, 4.69) is 6.58 Å². The second-order valence-electron chi connectivity index (χ2n) is 3.91. The van der Waals surface area contributed by atoms with Gasteiger partial charge in [-0.1, -0.05) is 6.58 Å². The van der Waals surface area contributed by atoms with Gasteiger partial charge in [0.15, 0.2) is 0 Å². The molecule has 0 aliphatic carbocycles. The number of rotatable bonds is 0. The van der Waals surface area contributed by atoms with Gasteiger partial charge in [-0.3, -0.25) is 0 Å². The average molecular weight is 224 g/mol. The fourth-order valence-electron chi connectivity index (χ4n) is 1.55. The molecule has 0 aromatic carbocycles. The predicted octanol–water partition coefficient (Wildman–Crippen LogP) is 2.03. The van der Waals surface area contributed by atoms with E-state index in [-0.39, 0.29) is 0 Å². The van der Waals surface area contributed by atoms with Crippen LogP contribution in [0.2, 0.25) is 13.1 Å². The minimum absolute atomic E-state index is 0.299. The van der Waals surface area contributed by atoms with Gasteiger partial charge in [-0.15, -0.1) is 0 Å². The number of hydrogen-bond donors (Lipinski definition) is 0. The van der Waals surface area contributed by atoms with Crippen molar-refractivity contribution in [3.05, 3.63) is 34.4 Å². The molecule has 0 N–H and O–H groups in total. The third-order valence-corrected chi connectivity index (χ3v) is 3.49. The number of fused-ring (bicyclic) bond motifs is 1. The van der Waals surface area contributed by atoms with Crippen molar-refractivity contribution in [2.45, 2.75) is 20.0 Å². The summed E-state index contributed by atoms with van der Waals surface area (Å²) in [6.07, 6.45) is 0. The molecule has 1 aliphatic rings. The highest BCUT2D eigenvalue weighted by Crippen LogP contribution is 2.33. The highest BCUT2D eigenvalue weighted by Gasteiger charge is 2.37. The lowest BCUT2D eigenvalue weighted by molar-refractivity contribution is 0.341. The highest BCUT2D eigenvalue weighted by atomic mass is 28.4. The fourth-order valence-corrected chi connectivity index (χ4v) is 2.98. The Morgan fingerprint density at radius 1 is 1.33 bits per heavy atom. The summed E-state index contributed by atoms with van der Waals surface area (Å²) in [5.41, 5.74) is -0.160. The molecule has 0 bridgehead atoms. The van der Waals surface area contributed by atoms with Crippen molar-refractivity contribution in [2.75, 3.05) is 0 Å². The molecule has 0 spiro atoms. The first-order valence-electron chi connectivity index (χ1n) is 4.61. The van der Waals surface area contributed by atoms with Crippen molar-refractivity contribution in [3.63, 3.8) is 0 Å². The van der Waals surface area contributed by atoms with Crippen LogP contribution in [-0.2, 0) is 4.43 Å². The van der Waals surface area contributed by atoms with Crippen LogP contribution in [0.25, 0.3) is 5.76 Å². The van der Waals surface area contributed by atoms with Crippen LogP contribution in [0.3, 0.4) is 0 Å². The fraction of sp³-hybridized carbons (Fsp3) is 0.300. The second kappa shape index (κ2) is 3.00. The molecule has 4 nitrogen and oxygen atoms in total. The van der Waals surface area contributed by atoms with Gasteiger partial charge in [0, 0.05) is 19.2 Å². The van der Waals surface area contributed by atoms with Gasteiger partial charge in [-0.2, -0.15) is 0 Å². The SMILES string of the molecule is C=C1O[Si](C)(C)Oc2cc(C)oc(=O)c21. The number of aryl methyl sites for hydroxylation is 1. The van der Waals surface area contributed by atoms with Crippen molar-refractivity contribution in [2.24, 2.45) is 0 Å². The van der Waals surface area contributed by atoms with E-state index in [1.807, 2.05) is 13.1 Å². The lowest BCUT2D eigenvalue weighted by atomic mass is 10.2. The van der Waals surface area contributed by atoms with Crippen molar-refractivity contribution in [3.8, 4) is 5.75 Å². The molecular weight excluding hydrogens is 212 g/mol. The van der Waals surface area contributed by atoms with Gasteiger partial charge in [-0.25, -0.2) is 4.79 Å². The molecule has 80 valence electrons. The molecular formula is C10H12O4Si. The Morgan fingerprint density at radius 2 is 2.00 bits per heavy atom. The van der Waals surface area contributed by atoms with Crippen molar-refractivity contribution in [1.82, 2.24) is 0 Å². The van der Waals surface area contributed by atoms with Gasteiger partial charge in [0.25, 0.3) is 0 Å². The maximum atomic E-state index is 11.5. The third kappa shape index (κ3) is 1.70. The summed E-state index contributed by atoms with van der Waals surface area (Å²) in [6, 6.07) is 1.69. The predicted molar refractivity (Wildman–Crippen MR) is 57.9 cm³/mol. The Morgan fingerprint density at radius 3 is 2.67 bits per heavy atom. The molecule has 0 saturated heterocycles. The lowest BCUT2D eigenvalue weighted by Gasteiger charge is -2.31. The van der Waals surface area contributed by atoms with Crippen molar-refractivity contribution in [1.29, 1.82) is 0 Å². The maximum absolute atomic E-state index is 11.5. The summed E-state index contributed by atoms with van der Waals surface area (Å²) in [5, 5.41) is 0. The van der Waals surface area contributed by atoms with Crippen LogP contribution in [0, 0.1) is 6.92 Å². The average Bonchev–Trinajstić information content (AvgIpc) is 1.97. The molecule has 0 unspecified atom stereocenters. The highest BCUT2D eigenvalue weighted by molar-refractivity contribution is 6.66. The quantitative estimate of drug-likeness (QED) is 0.633. The largest absolute Gasteiger partial charge is 0.512 e. The first-order chi connectivity index (χ1) is 6.89. The van der Waals surface area contributed by atoms with Crippen LogP contribution in [-0.4, -0.2) is 8.56 Å². The molecule has 1 aromatic rings. The van der Waals surface area contributed by atoms with Crippen LogP contribution < -0.4 is 10.1 Å². The lowest BCUT2D eigenvalue weighted by Crippen LogP contribution is -2.41. The van der Waals surface area contributed by atoms with E-state index in [0.29, 0.717) is 22.8 Å². The smallest absolute Gasteiger partial charge is 0.454 e. The van der Waals surface area contributed by atoms with E-state index < -0.39 is 14.2 Å². The summed E-state index contributed by atoms with van der Waals surface area (Å²) in [5.74, 6) is 1.40. The van der Waals surface area contributed by atoms with Gasteiger partial charge in [-0.05, 0) is 6.92 Å². The minimum atomic E-state index is -2.23. The molecule has 1 aromatic heterocycles. The van der Waals surface area contributed by atoms with E-state index in [0.717, 1.165) is 0 Å². The van der Waals surface area contributed by atoms with E-state index >= 15 is 0 Å². The summed E-state index contributed by atoms with van der Waals surface area (Å²) < 4.78 is 16.1. The Hall–Kier alpha value is -1.49. The van der Waals surface area contributed by atoms with E-state index in [9.17, 15) is 4.79 Å². The molecule has 0 saturated carbocycles. The first-order valence-corrected chi connectivity index (χ1v) is 7.43. The Kier molecular flexibility index (Phi) is 2.01. The van der Waals surface area contributed by atoms with E-state index in [1.165, 1.54) is 0 Å². The van der Waals surface area contributed by atoms with Crippen LogP contribution in [0.4, 0.5) is 0 Å². The first kappa shape index (κ1) is 10.0. The van der Waals surface area contributed by atoms with Crippen LogP contribution in [0.5, 0.6) is 5.75 Å². The summed E-state index contributed by atoms with van der Waals surface area (Å²) in [7, 11) is -2.23. The van der Waals surface area contributed by atoms with Gasteiger partial charge in [0.1, 0.15) is 22.8 Å². The molecule has 5 heteroatoms. The molecule has 0 fully saturated rings. The molecule has 0 radical (unpaired) electrons. The zero-order chi connectivity index (χ0) is 11.2. The Labute approximate surface area is 88.4 Å². The minimum Gasteiger partial charge on any atom is -0.512 e. The maximum Gasteiger partial charge on any atom is 0.454 e. The molecule has 2 rings (SSSR count). The summed E-state index contributed by atoms with van der Waals surface area (Å²) in [4.78, 5) is 11.5. The van der Waals surface area contributed by atoms with E-state index in [4.69, 9.17) is 13.3 Å². The molecule has 15 heavy (non-hydrogen) atoms. The topological polar surface area (TPSA) is 48.7 Å². The third-order valence-electron chi connectivity index (χ3n) is 2.04. The molecule has 0 amide bonds. The molecule has 1 aliphatic heterocycles. The van der Waals surface area contributed by atoms with Crippen LogP contribution in [0.1, 0.15) is 11.3 Å². The van der Waals surface area contributed by atoms with Gasteiger partial charge < -0.3 is 13.3 Å². The monoisotopic (exact) mass is 224 g/mol. The Bertz CT molecular complexity index is 487. The van der Waals surface area contributed by atoms with Crippen LogP contribution in [0.15, 0.2) is 21.9 Å². The van der Waals surface area contributed by atoms with Crippen molar-refractivity contribution >= 4 is 14.3 Å². The zero-order valence-corrected chi connectivity index (χ0v) is 9.92. The van der Waals surface area contributed by atoms with Gasteiger partial charge in [0.2, 0.25) is 0 Å². The van der Waals surface area contributed by atoms with Gasteiger partial charge in [0.05, 0.1) is 0 Å². The molecule has 0 atom stereocenters. The Balaban J connectivity index is 2.65. The second-order valence-corrected chi connectivity index (χ2v) is 7.12. The van der Waals surface area contributed by atoms with Gasteiger partial charge >= 0.3 is 14.2 Å². The number of hydrogen-bond acceptors (Lipinski definition) is 4. The van der Waals surface area contributed by atoms with Crippen LogP contribution >= 0.6 is 0 Å². The summed E-state index contributed by atoms with van der Waals surface area (Å²) in [6.45, 7) is 9.21.